The van der Waals surface area contributed by atoms with Crippen LogP contribution in [0.25, 0.3) is 11.0 Å². The summed E-state index contributed by atoms with van der Waals surface area (Å²) < 4.78 is 34.1. The molecule has 0 radical (unpaired) electrons. The number of hydrogen-bond acceptors (Lipinski definition) is 6. The van der Waals surface area contributed by atoms with Gasteiger partial charge in [0.25, 0.3) is 0 Å². The number of sulfonamides is 1. The first-order chi connectivity index (χ1) is 12.8. The minimum absolute atomic E-state index is 0.212. The van der Waals surface area contributed by atoms with Gasteiger partial charge in [-0.05, 0) is 32.0 Å². The molecule has 27 heavy (non-hydrogen) atoms. The number of benzene rings is 1. The largest absolute Gasteiger partial charge is 0.384 e. The third-order valence-corrected chi connectivity index (χ3v) is 6.43. The number of rotatable bonds is 6. The topological polar surface area (TPSA) is 114 Å². The van der Waals surface area contributed by atoms with Crippen molar-refractivity contribution in [1.29, 1.82) is 0 Å². The van der Waals surface area contributed by atoms with Crippen molar-refractivity contribution in [1.82, 2.24) is 19.2 Å². The molecule has 9 nitrogen and oxygen atoms in total. The number of fused-ring (bicyclic) bond motifs is 1. The number of aliphatic hydroxyl groups excluding tert-OH is 1. The summed E-state index contributed by atoms with van der Waals surface area (Å²) in [4.78, 5) is 16.1. The van der Waals surface area contributed by atoms with E-state index in [4.69, 9.17) is 4.74 Å². The normalized spacial score (nSPS) is 17.1. The number of aromatic nitrogens is 2. The van der Waals surface area contributed by atoms with Crippen molar-refractivity contribution in [3.05, 3.63) is 24.0 Å². The third-order valence-electron chi connectivity index (χ3n) is 4.53. The Labute approximate surface area is 158 Å². The maximum absolute atomic E-state index is 12.8. The number of aliphatic hydroxyl groups is 1. The molecule has 10 heteroatoms. The zero-order valence-corrected chi connectivity index (χ0v) is 16.2. The summed E-state index contributed by atoms with van der Waals surface area (Å²) in [6.45, 7) is 5.52. The summed E-state index contributed by atoms with van der Waals surface area (Å²) in [5.74, 6) is 0.285. The highest BCUT2D eigenvalue weighted by Crippen LogP contribution is 2.23. The molecule has 1 saturated heterocycles. The fourth-order valence-electron chi connectivity index (χ4n) is 3.05. The van der Waals surface area contributed by atoms with Gasteiger partial charge in [0.05, 0.1) is 29.1 Å². The fourth-order valence-corrected chi connectivity index (χ4v) is 4.48. The fraction of sp³-hybridized carbons (Fsp3) is 0.529. The molecule has 1 amide bonds. The molecule has 3 rings (SSSR count). The van der Waals surface area contributed by atoms with Crippen molar-refractivity contribution in [2.75, 3.05) is 32.8 Å². The van der Waals surface area contributed by atoms with Crippen molar-refractivity contribution >= 4 is 27.0 Å². The van der Waals surface area contributed by atoms with Crippen LogP contribution in [0, 0.1) is 6.92 Å². The number of carbonyl (C=O) groups is 1. The lowest BCUT2D eigenvalue weighted by Crippen LogP contribution is -2.40. The van der Waals surface area contributed by atoms with E-state index < -0.39 is 22.0 Å². The van der Waals surface area contributed by atoms with Crippen molar-refractivity contribution in [3.63, 3.8) is 0 Å². The third kappa shape index (κ3) is 4.13. The lowest BCUT2D eigenvalue weighted by atomic mass is 10.3. The molecule has 0 saturated carbocycles. The summed E-state index contributed by atoms with van der Waals surface area (Å²) in [7, 11) is -3.58. The van der Waals surface area contributed by atoms with E-state index in [1.165, 1.54) is 11.2 Å². The van der Waals surface area contributed by atoms with Crippen LogP contribution in [-0.2, 0) is 26.1 Å². The van der Waals surface area contributed by atoms with Gasteiger partial charge in [-0.1, -0.05) is 0 Å². The second-order valence-corrected chi connectivity index (χ2v) is 8.38. The second kappa shape index (κ2) is 7.93. The van der Waals surface area contributed by atoms with Crippen LogP contribution in [0.5, 0.6) is 0 Å². The van der Waals surface area contributed by atoms with Gasteiger partial charge in [-0.15, -0.1) is 0 Å². The molecular weight excluding hydrogens is 372 g/mol. The molecule has 0 bridgehead atoms. The average molecular weight is 396 g/mol. The maximum atomic E-state index is 12.8. The van der Waals surface area contributed by atoms with Crippen LogP contribution >= 0.6 is 0 Å². The Kier molecular flexibility index (Phi) is 5.80. The predicted octanol–water partition coefficient (Wildman–Crippen LogP) is -0.137. The molecule has 2 aromatic rings. The first kappa shape index (κ1) is 19.7. The van der Waals surface area contributed by atoms with Crippen LogP contribution < -0.4 is 5.32 Å². The van der Waals surface area contributed by atoms with Gasteiger partial charge in [0, 0.05) is 26.2 Å². The Balaban J connectivity index is 1.82. The molecule has 1 atom stereocenters. The minimum Gasteiger partial charge on any atom is -0.384 e. The van der Waals surface area contributed by atoms with E-state index in [9.17, 15) is 18.3 Å². The predicted molar refractivity (Wildman–Crippen MR) is 98.7 cm³/mol. The number of carbonyl (C=O) groups excluding carboxylic acids is 1. The molecule has 0 aliphatic carbocycles. The summed E-state index contributed by atoms with van der Waals surface area (Å²) in [5, 5.41) is 11.9. The molecule has 1 aliphatic rings. The van der Waals surface area contributed by atoms with Crippen molar-refractivity contribution in [3.8, 4) is 0 Å². The first-order valence-electron chi connectivity index (χ1n) is 8.81. The van der Waals surface area contributed by atoms with Gasteiger partial charge in [0.15, 0.2) is 0 Å². The minimum atomic E-state index is -3.58. The number of amides is 1. The van der Waals surface area contributed by atoms with Gasteiger partial charge < -0.3 is 19.7 Å². The van der Waals surface area contributed by atoms with Crippen LogP contribution in [0.2, 0.25) is 0 Å². The lowest BCUT2D eigenvalue weighted by molar-refractivity contribution is -0.128. The molecule has 1 aromatic carbocycles. The van der Waals surface area contributed by atoms with Crippen LogP contribution in [0.3, 0.4) is 0 Å². The second-order valence-electron chi connectivity index (χ2n) is 6.44. The van der Waals surface area contributed by atoms with Gasteiger partial charge in [0.1, 0.15) is 11.9 Å². The van der Waals surface area contributed by atoms with E-state index in [-0.39, 0.29) is 4.90 Å². The van der Waals surface area contributed by atoms with Crippen molar-refractivity contribution in [2.45, 2.75) is 31.4 Å². The van der Waals surface area contributed by atoms with Crippen molar-refractivity contribution < 1.29 is 23.1 Å². The van der Waals surface area contributed by atoms with E-state index in [2.05, 4.69) is 10.3 Å². The Hall–Kier alpha value is -2.01. The van der Waals surface area contributed by atoms with Crippen LogP contribution in [0.1, 0.15) is 12.7 Å². The highest BCUT2D eigenvalue weighted by atomic mass is 32.2. The average Bonchev–Trinajstić information content (AvgIpc) is 2.97. The van der Waals surface area contributed by atoms with E-state index >= 15 is 0 Å². The first-order valence-corrected chi connectivity index (χ1v) is 10.3. The SMILES string of the molecule is Cc1nc2cc(S(=O)(=O)N3CCOCC3)ccc2n1CCNC(=O)[C@H](C)O. The Morgan fingerprint density at radius 1 is 1.37 bits per heavy atom. The van der Waals surface area contributed by atoms with Crippen LogP contribution in [0.15, 0.2) is 23.1 Å². The monoisotopic (exact) mass is 396 g/mol. The number of hydrogen-bond donors (Lipinski definition) is 2. The molecule has 1 aliphatic heterocycles. The number of nitrogens with zero attached hydrogens (tertiary/aromatic N) is 3. The molecule has 1 fully saturated rings. The molecule has 2 heterocycles. The molecule has 0 unspecified atom stereocenters. The number of ether oxygens (including phenoxy) is 1. The molecule has 148 valence electrons. The zero-order valence-electron chi connectivity index (χ0n) is 15.4. The molecule has 0 spiro atoms. The van der Waals surface area contributed by atoms with E-state index in [1.54, 1.807) is 18.2 Å². The summed E-state index contributed by atoms with van der Waals surface area (Å²) in [5.41, 5.74) is 1.38. The van der Waals surface area contributed by atoms with Crippen molar-refractivity contribution in [2.24, 2.45) is 0 Å². The van der Waals surface area contributed by atoms with E-state index in [0.29, 0.717) is 44.9 Å². The Morgan fingerprint density at radius 2 is 2.07 bits per heavy atom. The van der Waals surface area contributed by atoms with Crippen LogP contribution in [-0.4, -0.2) is 72.2 Å². The van der Waals surface area contributed by atoms with Crippen LogP contribution in [0.4, 0.5) is 0 Å². The zero-order chi connectivity index (χ0) is 19.6. The lowest BCUT2D eigenvalue weighted by Gasteiger charge is -2.26. The van der Waals surface area contributed by atoms with E-state index in [0.717, 1.165) is 11.3 Å². The van der Waals surface area contributed by atoms with Gasteiger partial charge in [0.2, 0.25) is 15.9 Å². The van der Waals surface area contributed by atoms with Gasteiger partial charge in [-0.3, -0.25) is 4.79 Å². The molecule has 1 aromatic heterocycles. The van der Waals surface area contributed by atoms with E-state index in [1.807, 2.05) is 11.5 Å². The summed E-state index contributed by atoms with van der Waals surface area (Å²) in [6, 6.07) is 4.90. The summed E-state index contributed by atoms with van der Waals surface area (Å²) in [6.07, 6.45) is -1.06. The standard InChI is InChI=1S/C17H24N4O5S/c1-12(22)17(23)18-5-6-21-13(2)19-15-11-14(3-4-16(15)21)27(24,25)20-7-9-26-10-8-20/h3-4,11-12,22H,5-10H2,1-2H3,(H,18,23)/t12-/m0/s1. The number of nitrogens with one attached hydrogen (secondary N) is 1. The molecule has 2 N–H and O–H groups in total. The molecular formula is C17H24N4O5S. The quantitative estimate of drug-likeness (QED) is 0.703. The highest BCUT2D eigenvalue weighted by Gasteiger charge is 2.27. The van der Waals surface area contributed by atoms with Gasteiger partial charge in [-0.2, -0.15) is 4.31 Å². The number of aryl methyl sites for hydroxylation is 1. The smallest absolute Gasteiger partial charge is 0.248 e. The Bertz CT molecular complexity index is 932. The maximum Gasteiger partial charge on any atom is 0.248 e. The number of morpholine rings is 1. The summed E-state index contributed by atoms with van der Waals surface area (Å²) >= 11 is 0. The Morgan fingerprint density at radius 3 is 2.74 bits per heavy atom. The van der Waals surface area contributed by atoms with Gasteiger partial charge in [-0.25, -0.2) is 13.4 Å². The highest BCUT2D eigenvalue weighted by molar-refractivity contribution is 7.89. The number of imidazole rings is 1. The van der Waals surface area contributed by atoms with Gasteiger partial charge >= 0.3 is 0 Å².